The molecule has 1 fully saturated rings. The Morgan fingerprint density at radius 1 is 1.45 bits per heavy atom. The van der Waals surface area contributed by atoms with Gasteiger partial charge in [0, 0.05) is 19.0 Å². The monoisotopic (exact) mass is 308 g/mol. The molecule has 1 aliphatic rings. The van der Waals surface area contributed by atoms with Gasteiger partial charge < -0.3 is 15.3 Å². The first-order chi connectivity index (χ1) is 10.5. The topological polar surface area (TPSA) is 52.6 Å². The minimum absolute atomic E-state index is 0.0842. The number of nitrogens with zero attached hydrogens (tertiary/aromatic N) is 1. The van der Waals surface area contributed by atoms with E-state index in [0.29, 0.717) is 13.1 Å². The Balaban J connectivity index is 1.86. The molecule has 0 spiro atoms. The van der Waals surface area contributed by atoms with Gasteiger partial charge in [0.2, 0.25) is 5.91 Å². The summed E-state index contributed by atoms with van der Waals surface area (Å²) >= 11 is 0. The number of hydrogen-bond acceptors (Lipinski definition) is 3. The SMILES string of the molecule is CCNC(=O)C1CCN(CC(O)c2ccc(F)cc2C)CC1. The summed E-state index contributed by atoms with van der Waals surface area (Å²) in [6.07, 6.45) is 1.02. The molecular weight excluding hydrogens is 283 g/mol. The number of nitrogens with one attached hydrogen (secondary N) is 1. The van der Waals surface area contributed by atoms with Crippen LogP contribution in [0.1, 0.15) is 37.0 Å². The molecule has 122 valence electrons. The molecule has 0 aliphatic carbocycles. The summed E-state index contributed by atoms with van der Waals surface area (Å²) in [6, 6.07) is 4.48. The number of piperidine rings is 1. The molecule has 1 atom stereocenters. The third kappa shape index (κ3) is 4.27. The highest BCUT2D eigenvalue weighted by Gasteiger charge is 2.26. The predicted octanol–water partition coefficient (Wildman–Crippen LogP) is 2.02. The van der Waals surface area contributed by atoms with Crippen molar-refractivity contribution < 1.29 is 14.3 Å². The Kier molecular flexibility index (Phi) is 5.91. The maximum Gasteiger partial charge on any atom is 0.223 e. The molecule has 2 N–H and O–H groups in total. The van der Waals surface area contributed by atoms with Crippen LogP contribution in [0, 0.1) is 18.7 Å². The molecule has 1 aromatic rings. The first-order valence-corrected chi connectivity index (χ1v) is 7.95. The molecule has 1 aliphatic heterocycles. The second-order valence-electron chi connectivity index (χ2n) is 5.99. The lowest BCUT2D eigenvalue weighted by Crippen LogP contribution is -2.41. The molecule has 1 unspecified atom stereocenters. The highest BCUT2D eigenvalue weighted by Crippen LogP contribution is 2.23. The van der Waals surface area contributed by atoms with Crippen LogP contribution in [0.15, 0.2) is 18.2 Å². The summed E-state index contributed by atoms with van der Waals surface area (Å²) in [6.45, 7) is 6.53. The van der Waals surface area contributed by atoms with E-state index in [4.69, 9.17) is 0 Å². The summed E-state index contributed by atoms with van der Waals surface area (Å²) in [5.74, 6) is -0.0609. The number of carbonyl (C=O) groups is 1. The van der Waals surface area contributed by atoms with E-state index >= 15 is 0 Å². The molecule has 1 saturated heterocycles. The molecule has 1 aromatic carbocycles. The Morgan fingerprint density at radius 3 is 2.73 bits per heavy atom. The Bertz CT molecular complexity index is 513. The summed E-state index contributed by atoms with van der Waals surface area (Å²) in [5.41, 5.74) is 1.54. The summed E-state index contributed by atoms with van der Waals surface area (Å²) < 4.78 is 13.1. The highest BCUT2D eigenvalue weighted by atomic mass is 19.1. The van der Waals surface area contributed by atoms with Crippen molar-refractivity contribution in [2.24, 2.45) is 5.92 Å². The number of likely N-dealkylation sites (tertiary alicyclic amines) is 1. The first kappa shape index (κ1) is 16.9. The van der Waals surface area contributed by atoms with Gasteiger partial charge in [0.25, 0.3) is 0 Å². The van der Waals surface area contributed by atoms with E-state index < -0.39 is 6.10 Å². The van der Waals surface area contributed by atoms with Crippen LogP contribution in [0.25, 0.3) is 0 Å². The van der Waals surface area contributed by atoms with Gasteiger partial charge in [-0.25, -0.2) is 4.39 Å². The van der Waals surface area contributed by atoms with Gasteiger partial charge in [-0.05, 0) is 63.0 Å². The van der Waals surface area contributed by atoms with Gasteiger partial charge in [-0.3, -0.25) is 4.79 Å². The number of rotatable bonds is 5. The Morgan fingerprint density at radius 2 is 2.14 bits per heavy atom. The fraction of sp³-hybridized carbons (Fsp3) is 0.588. The molecule has 1 heterocycles. The summed E-state index contributed by atoms with van der Waals surface area (Å²) in [7, 11) is 0. The van der Waals surface area contributed by atoms with Crippen molar-refractivity contribution in [2.45, 2.75) is 32.8 Å². The lowest BCUT2D eigenvalue weighted by atomic mass is 9.95. The van der Waals surface area contributed by atoms with Crippen LogP contribution in [0.5, 0.6) is 0 Å². The second-order valence-corrected chi connectivity index (χ2v) is 5.99. The molecule has 4 nitrogen and oxygen atoms in total. The van der Waals surface area contributed by atoms with Crippen LogP contribution < -0.4 is 5.32 Å². The van der Waals surface area contributed by atoms with Crippen LogP contribution in [0.4, 0.5) is 4.39 Å². The molecular formula is C17H25FN2O2. The van der Waals surface area contributed by atoms with Gasteiger partial charge in [0.15, 0.2) is 0 Å². The summed E-state index contributed by atoms with van der Waals surface area (Å²) in [5, 5.41) is 13.2. The largest absolute Gasteiger partial charge is 0.387 e. The average Bonchev–Trinajstić information content (AvgIpc) is 2.48. The number of carbonyl (C=O) groups excluding carboxylic acids is 1. The number of halogens is 1. The maximum atomic E-state index is 13.1. The molecule has 0 bridgehead atoms. The lowest BCUT2D eigenvalue weighted by Gasteiger charge is -2.32. The summed E-state index contributed by atoms with van der Waals surface area (Å²) in [4.78, 5) is 14.0. The van der Waals surface area contributed by atoms with E-state index in [1.807, 2.05) is 13.8 Å². The van der Waals surface area contributed by atoms with Crippen LogP contribution in [0.3, 0.4) is 0 Å². The number of aliphatic hydroxyl groups is 1. The van der Waals surface area contributed by atoms with Crippen molar-refractivity contribution in [1.29, 1.82) is 0 Å². The number of hydrogen-bond donors (Lipinski definition) is 2. The van der Waals surface area contributed by atoms with Crippen molar-refractivity contribution in [3.63, 3.8) is 0 Å². The number of β-amino-alcohol motifs (C(OH)–C–C–N with tert-alkyl or cyclic N) is 1. The Labute approximate surface area is 131 Å². The van der Waals surface area contributed by atoms with E-state index in [1.54, 1.807) is 6.07 Å². The van der Waals surface area contributed by atoms with Gasteiger partial charge >= 0.3 is 0 Å². The zero-order chi connectivity index (χ0) is 16.1. The van der Waals surface area contributed by atoms with Crippen LogP contribution in [-0.2, 0) is 4.79 Å². The lowest BCUT2D eigenvalue weighted by molar-refractivity contribution is -0.126. The predicted molar refractivity (Wildman–Crippen MR) is 83.9 cm³/mol. The van der Waals surface area contributed by atoms with E-state index in [-0.39, 0.29) is 17.6 Å². The number of benzene rings is 1. The van der Waals surface area contributed by atoms with E-state index in [0.717, 1.165) is 37.1 Å². The highest BCUT2D eigenvalue weighted by molar-refractivity contribution is 5.78. The first-order valence-electron chi connectivity index (χ1n) is 7.95. The van der Waals surface area contributed by atoms with Crippen molar-refractivity contribution in [3.8, 4) is 0 Å². The smallest absolute Gasteiger partial charge is 0.223 e. The third-order valence-corrected chi connectivity index (χ3v) is 4.33. The second kappa shape index (κ2) is 7.70. The third-order valence-electron chi connectivity index (χ3n) is 4.33. The minimum Gasteiger partial charge on any atom is -0.387 e. The molecule has 0 aromatic heterocycles. The van der Waals surface area contributed by atoms with Gasteiger partial charge in [-0.2, -0.15) is 0 Å². The molecule has 5 heteroatoms. The minimum atomic E-state index is -0.624. The zero-order valence-corrected chi connectivity index (χ0v) is 13.3. The van der Waals surface area contributed by atoms with E-state index in [1.165, 1.54) is 12.1 Å². The van der Waals surface area contributed by atoms with Crippen molar-refractivity contribution >= 4 is 5.91 Å². The number of aryl methyl sites for hydroxylation is 1. The van der Waals surface area contributed by atoms with Gasteiger partial charge in [-0.1, -0.05) is 6.07 Å². The molecule has 0 radical (unpaired) electrons. The number of amides is 1. The molecule has 22 heavy (non-hydrogen) atoms. The van der Waals surface area contributed by atoms with Gasteiger partial charge in [0.1, 0.15) is 5.82 Å². The molecule has 0 saturated carbocycles. The normalized spacial score (nSPS) is 18.2. The van der Waals surface area contributed by atoms with E-state index in [2.05, 4.69) is 10.2 Å². The van der Waals surface area contributed by atoms with Crippen LogP contribution in [0.2, 0.25) is 0 Å². The van der Waals surface area contributed by atoms with Crippen molar-refractivity contribution in [2.75, 3.05) is 26.2 Å². The van der Waals surface area contributed by atoms with Crippen LogP contribution >= 0.6 is 0 Å². The van der Waals surface area contributed by atoms with Gasteiger partial charge in [0.05, 0.1) is 6.10 Å². The standard InChI is InChI=1S/C17H25FN2O2/c1-3-19-17(22)13-6-8-20(9-7-13)11-16(21)15-5-4-14(18)10-12(15)2/h4-5,10,13,16,21H,3,6-9,11H2,1-2H3,(H,19,22). The molecule has 1 amide bonds. The zero-order valence-electron chi connectivity index (χ0n) is 13.3. The van der Waals surface area contributed by atoms with Crippen LogP contribution in [-0.4, -0.2) is 42.1 Å². The van der Waals surface area contributed by atoms with E-state index in [9.17, 15) is 14.3 Å². The quantitative estimate of drug-likeness (QED) is 0.875. The van der Waals surface area contributed by atoms with Gasteiger partial charge in [-0.15, -0.1) is 0 Å². The average molecular weight is 308 g/mol. The van der Waals surface area contributed by atoms with Crippen molar-refractivity contribution in [3.05, 3.63) is 35.1 Å². The fourth-order valence-electron chi connectivity index (χ4n) is 3.05. The fourth-order valence-corrected chi connectivity index (χ4v) is 3.05. The maximum absolute atomic E-state index is 13.1. The molecule has 2 rings (SSSR count). The van der Waals surface area contributed by atoms with Crippen molar-refractivity contribution in [1.82, 2.24) is 10.2 Å². The Hall–Kier alpha value is -1.46. The number of aliphatic hydroxyl groups excluding tert-OH is 1.